The summed E-state index contributed by atoms with van der Waals surface area (Å²) in [5.74, 6) is -0.103. The molecule has 0 aromatic heterocycles. The van der Waals surface area contributed by atoms with Crippen LogP contribution in [0.15, 0.2) is 36.5 Å². The minimum Gasteiger partial charge on any atom is -0.466 e. The maximum Gasteiger partial charge on any atom is 0.305 e. The molecule has 61 heavy (non-hydrogen) atoms. The van der Waals surface area contributed by atoms with Crippen LogP contribution in [0.1, 0.15) is 277 Å². The summed E-state index contributed by atoms with van der Waals surface area (Å²) in [5.41, 5.74) is 0. The smallest absolute Gasteiger partial charge is 0.305 e. The number of hydrogen-bond donors (Lipinski definition) is 3. The molecule has 0 aliphatic carbocycles. The average molecular weight is 858 g/mol. The molecule has 6 heteroatoms. The minimum atomic E-state index is -0.683. The number of hydrogen-bond acceptors (Lipinski definition) is 5. The lowest BCUT2D eigenvalue weighted by atomic mass is 10.0. The summed E-state index contributed by atoms with van der Waals surface area (Å²) in [7, 11) is 0. The number of nitrogens with one attached hydrogen (secondary N) is 1. The van der Waals surface area contributed by atoms with E-state index in [9.17, 15) is 19.8 Å². The lowest BCUT2D eigenvalue weighted by Gasteiger charge is -2.22. The molecule has 6 nitrogen and oxygen atoms in total. The van der Waals surface area contributed by atoms with E-state index < -0.39 is 12.1 Å². The quantitative estimate of drug-likeness (QED) is 0.0322. The van der Waals surface area contributed by atoms with Crippen molar-refractivity contribution in [2.24, 2.45) is 0 Å². The molecule has 1 amide bonds. The van der Waals surface area contributed by atoms with Gasteiger partial charge in [0.25, 0.3) is 0 Å². The largest absolute Gasteiger partial charge is 0.466 e. The lowest BCUT2D eigenvalue weighted by molar-refractivity contribution is -0.143. The standard InChI is InChI=1S/C55H103NO5/c1-3-5-7-9-11-13-15-17-19-20-21-23-25-29-33-37-41-45-49-55(60)61-50-46-42-38-34-30-26-28-32-36-40-44-48-54(59)56-52(51-57)53(58)47-43-39-35-31-27-24-22-18-16-14-12-10-8-6-4-2/h13,15,19-20,30,34,52-53,57-58H,3-12,14,16-18,21-29,31-33,35-51H2,1-2H3,(H,56,59)/b15-13-,20-19-,34-30-. The van der Waals surface area contributed by atoms with E-state index in [1.54, 1.807) is 0 Å². The first-order valence-corrected chi connectivity index (χ1v) is 26.7. The van der Waals surface area contributed by atoms with Gasteiger partial charge in [0.1, 0.15) is 0 Å². The number of carbonyl (C=O) groups excluding carboxylic acids is 2. The highest BCUT2D eigenvalue weighted by atomic mass is 16.5. The van der Waals surface area contributed by atoms with E-state index in [1.165, 1.54) is 154 Å². The van der Waals surface area contributed by atoms with Gasteiger partial charge in [-0.1, -0.05) is 217 Å². The van der Waals surface area contributed by atoms with Crippen molar-refractivity contribution in [1.82, 2.24) is 5.32 Å². The third-order valence-corrected chi connectivity index (χ3v) is 12.2. The molecule has 0 spiro atoms. The first kappa shape index (κ1) is 59.1. The molecule has 0 saturated carbocycles. The van der Waals surface area contributed by atoms with Crippen LogP contribution in [0.5, 0.6) is 0 Å². The van der Waals surface area contributed by atoms with Crippen molar-refractivity contribution in [3.8, 4) is 0 Å². The lowest BCUT2D eigenvalue weighted by Crippen LogP contribution is -2.45. The summed E-state index contributed by atoms with van der Waals surface area (Å²) in [5, 5.41) is 23.2. The molecule has 0 radical (unpaired) electrons. The van der Waals surface area contributed by atoms with Crippen LogP contribution in [0.25, 0.3) is 0 Å². The molecule has 0 heterocycles. The summed E-state index contributed by atoms with van der Waals surface area (Å²) in [4.78, 5) is 24.5. The predicted octanol–water partition coefficient (Wildman–Crippen LogP) is 16.1. The van der Waals surface area contributed by atoms with Crippen molar-refractivity contribution in [3.63, 3.8) is 0 Å². The molecule has 0 fully saturated rings. The van der Waals surface area contributed by atoms with Crippen molar-refractivity contribution in [2.45, 2.75) is 289 Å². The second-order valence-corrected chi connectivity index (χ2v) is 18.2. The molecule has 0 aromatic carbocycles. The average Bonchev–Trinajstić information content (AvgIpc) is 3.26. The fourth-order valence-electron chi connectivity index (χ4n) is 8.02. The Morgan fingerprint density at radius 3 is 1.28 bits per heavy atom. The van der Waals surface area contributed by atoms with Crippen LogP contribution in [0.4, 0.5) is 0 Å². The minimum absolute atomic E-state index is 0.0387. The fraction of sp³-hybridized carbons (Fsp3) is 0.855. The first-order valence-electron chi connectivity index (χ1n) is 26.7. The van der Waals surface area contributed by atoms with Gasteiger partial charge < -0.3 is 20.3 Å². The number of aliphatic hydroxyl groups excluding tert-OH is 2. The Hall–Kier alpha value is -1.92. The SMILES string of the molecule is CCCCCC/C=C\C/C=C\CCCCCCCCCC(=O)OCCCC/C=C\CCCCCCCC(=O)NC(CO)C(O)CCCCCCCCCCCCCCCCC. The van der Waals surface area contributed by atoms with Crippen molar-refractivity contribution >= 4 is 11.9 Å². The van der Waals surface area contributed by atoms with Crippen molar-refractivity contribution in [2.75, 3.05) is 13.2 Å². The first-order chi connectivity index (χ1) is 30.0. The van der Waals surface area contributed by atoms with Crippen LogP contribution in [-0.4, -0.2) is 47.4 Å². The monoisotopic (exact) mass is 858 g/mol. The molecule has 0 saturated heterocycles. The van der Waals surface area contributed by atoms with Crippen molar-refractivity contribution in [3.05, 3.63) is 36.5 Å². The summed E-state index contributed by atoms with van der Waals surface area (Å²) in [6, 6.07) is -0.563. The normalized spacial score (nSPS) is 12.9. The molecule has 3 N–H and O–H groups in total. The van der Waals surface area contributed by atoms with E-state index in [0.717, 1.165) is 89.9 Å². The predicted molar refractivity (Wildman–Crippen MR) is 264 cm³/mol. The number of carbonyl (C=O) groups is 2. The summed E-state index contributed by atoms with van der Waals surface area (Å²) < 4.78 is 5.44. The Balaban J connectivity index is 3.52. The Labute approximate surface area is 379 Å². The number of amides is 1. The van der Waals surface area contributed by atoms with Gasteiger partial charge in [0.2, 0.25) is 5.91 Å². The Morgan fingerprint density at radius 2 is 0.820 bits per heavy atom. The number of ether oxygens (including phenoxy) is 1. The molecule has 358 valence electrons. The Kier molecular flexibility index (Phi) is 49.1. The zero-order chi connectivity index (χ0) is 44.4. The second kappa shape index (κ2) is 50.7. The van der Waals surface area contributed by atoms with Gasteiger partial charge in [0.15, 0.2) is 0 Å². The van der Waals surface area contributed by atoms with E-state index >= 15 is 0 Å². The zero-order valence-electron chi connectivity index (χ0n) is 40.6. The van der Waals surface area contributed by atoms with E-state index in [4.69, 9.17) is 4.74 Å². The second-order valence-electron chi connectivity index (χ2n) is 18.2. The van der Waals surface area contributed by atoms with Crippen LogP contribution in [0.3, 0.4) is 0 Å². The van der Waals surface area contributed by atoms with Gasteiger partial charge in [0, 0.05) is 12.8 Å². The number of rotatable bonds is 49. The van der Waals surface area contributed by atoms with Crippen LogP contribution in [0.2, 0.25) is 0 Å². The molecule has 2 atom stereocenters. The van der Waals surface area contributed by atoms with Crippen LogP contribution in [0, 0.1) is 0 Å². The highest BCUT2D eigenvalue weighted by Gasteiger charge is 2.20. The Morgan fingerprint density at radius 1 is 0.459 bits per heavy atom. The molecule has 0 rings (SSSR count). The van der Waals surface area contributed by atoms with E-state index in [1.807, 2.05) is 0 Å². The van der Waals surface area contributed by atoms with Crippen LogP contribution < -0.4 is 5.32 Å². The molecular formula is C55H103NO5. The number of allylic oxidation sites excluding steroid dienone is 6. The van der Waals surface area contributed by atoms with Crippen LogP contribution >= 0.6 is 0 Å². The Bertz CT molecular complexity index is 993. The third-order valence-electron chi connectivity index (χ3n) is 12.2. The molecule has 0 aliphatic rings. The maximum atomic E-state index is 12.4. The molecule has 0 aromatic rings. The van der Waals surface area contributed by atoms with Gasteiger partial charge >= 0.3 is 5.97 Å². The molecule has 0 bridgehead atoms. The third kappa shape index (κ3) is 47.4. The number of esters is 1. The summed E-state index contributed by atoms with van der Waals surface area (Å²) in [6.07, 6.45) is 61.2. The van der Waals surface area contributed by atoms with E-state index in [0.29, 0.717) is 25.9 Å². The fourth-order valence-corrected chi connectivity index (χ4v) is 8.02. The van der Waals surface area contributed by atoms with E-state index in [2.05, 4.69) is 55.6 Å². The van der Waals surface area contributed by atoms with Gasteiger partial charge in [0.05, 0.1) is 25.4 Å². The summed E-state index contributed by atoms with van der Waals surface area (Å²) >= 11 is 0. The van der Waals surface area contributed by atoms with Gasteiger partial charge in [-0.05, 0) is 83.5 Å². The van der Waals surface area contributed by atoms with E-state index in [-0.39, 0.29) is 18.5 Å². The molecule has 0 aliphatic heterocycles. The van der Waals surface area contributed by atoms with Crippen molar-refractivity contribution in [1.29, 1.82) is 0 Å². The van der Waals surface area contributed by atoms with Gasteiger partial charge in [-0.25, -0.2) is 0 Å². The maximum absolute atomic E-state index is 12.4. The highest BCUT2D eigenvalue weighted by molar-refractivity contribution is 5.76. The molecule has 2 unspecified atom stereocenters. The van der Waals surface area contributed by atoms with Crippen LogP contribution in [-0.2, 0) is 14.3 Å². The van der Waals surface area contributed by atoms with Crippen molar-refractivity contribution < 1.29 is 24.5 Å². The number of aliphatic hydroxyl groups is 2. The summed E-state index contributed by atoms with van der Waals surface area (Å²) in [6.45, 7) is 4.85. The van der Waals surface area contributed by atoms with Gasteiger partial charge in [-0.15, -0.1) is 0 Å². The zero-order valence-corrected chi connectivity index (χ0v) is 40.6. The molecular weight excluding hydrogens is 755 g/mol. The van der Waals surface area contributed by atoms with Gasteiger partial charge in [-0.2, -0.15) is 0 Å². The number of unbranched alkanes of at least 4 members (excludes halogenated alkanes) is 32. The topological polar surface area (TPSA) is 95.9 Å². The van der Waals surface area contributed by atoms with Gasteiger partial charge in [-0.3, -0.25) is 9.59 Å². The highest BCUT2D eigenvalue weighted by Crippen LogP contribution is 2.16.